The Hall–Kier alpha value is -2.48. The molecule has 0 spiro atoms. The lowest BCUT2D eigenvalue weighted by Crippen LogP contribution is -2.51. The average Bonchev–Trinajstić information content (AvgIpc) is 3.21. The Kier molecular flexibility index (Phi) is 8.01. The number of carbonyl (C=O) groups is 2. The van der Waals surface area contributed by atoms with Gasteiger partial charge in [0, 0.05) is 30.5 Å². The third-order valence-corrected chi connectivity index (χ3v) is 6.57. The van der Waals surface area contributed by atoms with Crippen molar-refractivity contribution >= 4 is 12.1 Å². The zero-order valence-electron chi connectivity index (χ0n) is 19.1. The van der Waals surface area contributed by atoms with Gasteiger partial charge >= 0.3 is 12.1 Å². The molecule has 1 heterocycles. The maximum Gasteiger partial charge on any atom is 0.409 e. The number of nitrogens with zero attached hydrogens (tertiary/aromatic N) is 1. The SMILES string of the molecule is CCCCCCC(=O)O[C@@]1(C#Cc2cccc(C)c2)CCC[C@@H]2[C@H]1CCN2C(=O)OC. The van der Waals surface area contributed by atoms with Crippen LogP contribution in [0.15, 0.2) is 24.3 Å². The smallest absolute Gasteiger partial charge is 0.409 e. The number of carbonyl (C=O) groups excluding carboxylic acids is 2. The average molecular weight is 426 g/mol. The van der Waals surface area contributed by atoms with E-state index >= 15 is 0 Å². The van der Waals surface area contributed by atoms with Crippen molar-refractivity contribution in [3.63, 3.8) is 0 Å². The fraction of sp³-hybridized carbons (Fsp3) is 0.615. The van der Waals surface area contributed by atoms with Gasteiger partial charge in [-0.1, -0.05) is 44.2 Å². The Labute approximate surface area is 186 Å². The predicted octanol–water partition coefficient (Wildman–Crippen LogP) is 5.24. The van der Waals surface area contributed by atoms with Crippen molar-refractivity contribution in [1.29, 1.82) is 0 Å². The van der Waals surface area contributed by atoms with E-state index in [1.165, 1.54) is 7.11 Å². The molecule has 2 fully saturated rings. The lowest BCUT2D eigenvalue weighted by Gasteiger charge is -2.42. The first-order chi connectivity index (χ1) is 15.0. The van der Waals surface area contributed by atoms with Gasteiger partial charge in [0.2, 0.25) is 0 Å². The predicted molar refractivity (Wildman–Crippen MR) is 120 cm³/mol. The van der Waals surface area contributed by atoms with Crippen molar-refractivity contribution in [2.24, 2.45) is 5.92 Å². The van der Waals surface area contributed by atoms with E-state index < -0.39 is 5.60 Å². The summed E-state index contributed by atoms with van der Waals surface area (Å²) in [6.07, 6.45) is 7.49. The highest BCUT2D eigenvalue weighted by Gasteiger charge is 2.53. The van der Waals surface area contributed by atoms with Crippen molar-refractivity contribution in [1.82, 2.24) is 4.90 Å². The number of fused-ring (bicyclic) bond motifs is 1. The van der Waals surface area contributed by atoms with Crippen LogP contribution in [0, 0.1) is 24.7 Å². The second kappa shape index (κ2) is 10.7. The quantitative estimate of drug-likeness (QED) is 0.355. The van der Waals surface area contributed by atoms with Crippen LogP contribution in [-0.2, 0) is 14.3 Å². The maximum absolute atomic E-state index is 12.8. The molecule has 5 heteroatoms. The van der Waals surface area contributed by atoms with E-state index in [9.17, 15) is 9.59 Å². The number of amides is 1. The third kappa shape index (κ3) is 5.61. The number of unbranched alkanes of at least 4 members (excludes halogenated alkanes) is 3. The second-order valence-electron chi connectivity index (χ2n) is 8.81. The van der Waals surface area contributed by atoms with Gasteiger partial charge in [0.15, 0.2) is 5.60 Å². The Balaban J connectivity index is 1.86. The molecule has 0 radical (unpaired) electrons. The fourth-order valence-corrected chi connectivity index (χ4v) is 5.02. The van der Waals surface area contributed by atoms with Crippen LogP contribution in [-0.4, -0.2) is 42.3 Å². The van der Waals surface area contributed by atoms with Gasteiger partial charge < -0.3 is 14.4 Å². The van der Waals surface area contributed by atoms with Crippen LogP contribution in [0.5, 0.6) is 0 Å². The summed E-state index contributed by atoms with van der Waals surface area (Å²) in [5.41, 5.74) is 1.22. The molecule has 0 aromatic heterocycles. The second-order valence-corrected chi connectivity index (χ2v) is 8.81. The molecule has 1 aromatic carbocycles. The van der Waals surface area contributed by atoms with Crippen LogP contribution in [0.4, 0.5) is 4.79 Å². The Morgan fingerprint density at radius 3 is 2.81 bits per heavy atom. The highest BCUT2D eigenvalue weighted by Crippen LogP contribution is 2.45. The van der Waals surface area contributed by atoms with Gasteiger partial charge in [0.1, 0.15) is 0 Å². The largest absolute Gasteiger partial charge is 0.453 e. The number of rotatable bonds is 6. The van der Waals surface area contributed by atoms with E-state index in [1.807, 2.05) is 31.2 Å². The van der Waals surface area contributed by atoms with Crippen LogP contribution in [0.3, 0.4) is 0 Å². The zero-order chi connectivity index (χ0) is 22.3. The van der Waals surface area contributed by atoms with Crippen LogP contribution in [0.25, 0.3) is 0 Å². The standard InChI is InChI=1S/C26H35NO4/c1-4-5-6-7-13-24(28)31-26(17-14-21-11-8-10-20(2)19-21)16-9-12-23-22(26)15-18-27(23)25(29)30-3/h8,10-11,19,22-23H,4-7,9,12-13,15-16,18H2,1-3H3/t22-,23-,26-/m1/s1. The van der Waals surface area contributed by atoms with E-state index in [-0.39, 0.29) is 24.0 Å². The number of benzene rings is 1. The van der Waals surface area contributed by atoms with Gasteiger partial charge in [0.05, 0.1) is 7.11 Å². The Morgan fingerprint density at radius 1 is 1.23 bits per heavy atom. The lowest BCUT2D eigenvalue weighted by atomic mass is 9.72. The van der Waals surface area contributed by atoms with Gasteiger partial charge in [0.25, 0.3) is 0 Å². The molecule has 5 nitrogen and oxygen atoms in total. The van der Waals surface area contributed by atoms with Gasteiger partial charge in [-0.2, -0.15) is 0 Å². The molecule has 1 saturated heterocycles. The van der Waals surface area contributed by atoms with E-state index in [2.05, 4.69) is 18.8 Å². The van der Waals surface area contributed by atoms with Crippen molar-refractivity contribution in [3.8, 4) is 11.8 Å². The Bertz CT molecular complexity index is 839. The molecule has 1 aliphatic heterocycles. The summed E-state index contributed by atoms with van der Waals surface area (Å²) in [6, 6.07) is 8.06. The molecular weight excluding hydrogens is 390 g/mol. The molecule has 1 saturated carbocycles. The van der Waals surface area contributed by atoms with Crippen molar-refractivity contribution < 1.29 is 19.1 Å². The number of ether oxygens (including phenoxy) is 2. The van der Waals surface area contributed by atoms with E-state index in [0.717, 1.165) is 56.1 Å². The third-order valence-electron chi connectivity index (χ3n) is 6.57. The molecule has 0 unspecified atom stereocenters. The number of hydrogen-bond acceptors (Lipinski definition) is 4. The summed E-state index contributed by atoms with van der Waals surface area (Å²) in [6.45, 7) is 4.81. The first-order valence-corrected chi connectivity index (χ1v) is 11.7. The number of methoxy groups -OCH3 is 1. The number of hydrogen-bond donors (Lipinski definition) is 0. The molecule has 31 heavy (non-hydrogen) atoms. The minimum atomic E-state index is -0.850. The minimum absolute atomic E-state index is 0.000834. The van der Waals surface area contributed by atoms with Crippen molar-refractivity contribution in [3.05, 3.63) is 35.4 Å². The number of aryl methyl sites for hydroxylation is 1. The van der Waals surface area contributed by atoms with Crippen LogP contribution in [0.1, 0.15) is 75.8 Å². The molecule has 1 aliphatic carbocycles. The van der Waals surface area contributed by atoms with Crippen molar-refractivity contribution in [2.45, 2.75) is 83.3 Å². The molecule has 168 valence electrons. The molecular formula is C26H35NO4. The zero-order valence-corrected chi connectivity index (χ0v) is 19.1. The van der Waals surface area contributed by atoms with E-state index in [0.29, 0.717) is 19.4 Å². The first-order valence-electron chi connectivity index (χ1n) is 11.7. The molecule has 2 aliphatic rings. The molecule has 0 N–H and O–H groups in total. The van der Waals surface area contributed by atoms with E-state index in [4.69, 9.17) is 9.47 Å². The lowest BCUT2D eigenvalue weighted by molar-refractivity contribution is -0.162. The molecule has 1 amide bonds. The summed E-state index contributed by atoms with van der Waals surface area (Å²) in [5, 5.41) is 0. The molecule has 1 aromatic rings. The summed E-state index contributed by atoms with van der Waals surface area (Å²) in [7, 11) is 1.42. The molecule has 3 atom stereocenters. The number of esters is 1. The van der Waals surface area contributed by atoms with E-state index in [1.54, 1.807) is 4.90 Å². The number of likely N-dealkylation sites (tertiary alicyclic amines) is 1. The normalized spacial score (nSPS) is 24.7. The van der Waals surface area contributed by atoms with Crippen LogP contribution < -0.4 is 0 Å². The monoisotopic (exact) mass is 425 g/mol. The summed E-state index contributed by atoms with van der Waals surface area (Å²) < 4.78 is 11.2. The van der Waals surface area contributed by atoms with Crippen LogP contribution >= 0.6 is 0 Å². The van der Waals surface area contributed by atoms with Gasteiger partial charge in [-0.25, -0.2) is 4.79 Å². The Morgan fingerprint density at radius 2 is 2.06 bits per heavy atom. The van der Waals surface area contributed by atoms with Crippen molar-refractivity contribution in [2.75, 3.05) is 13.7 Å². The maximum atomic E-state index is 12.8. The van der Waals surface area contributed by atoms with Gasteiger partial charge in [-0.3, -0.25) is 4.79 Å². The van der Waals surface area contributed by atoms with Crippen LogP contribution in [0.2, 0.25) is 0 Å². The topological polar surface area (TPSA) is 55.8 Å². The first kappa shape index (κ1) is 23.2. The molecule has 0 bridgehead atoms. The highest BCUT2D eigenvalue weighted by molar-refractivity contribution is 5.71. The summed E-state index contributed by atoms with van der Waals surface area (Å²) in [5.74, 6) is 6.51. The fourth-order valence-electron chi connectivity index (χ4n) is 5.02. The summed E-state index contributed by atoms with van der Waals surface area (Å²) in [4.78, 5) is 26.9. The van der Waals surface area contributed by atoms with Gasteiger partial charge in [-0.15, -0.1) is 0 Å². The van der Waals surface area contributed by atoms with Gasteiger partial charge in [-0.05, 0) is 62.6 Å². The summed E-state index contributed by atoms with van der Waals surface area (Å²) >= 11 is 0. The highest BCUT2D eigenvalue weighted by atomic mass is 16.6. The minimum Gasteiger partial charge on any atom is -0.453 e. The molecule has 3 rings (SSSR count).